The largest absolute Gasteiger partial charge is 0.394 e. The van der Waals surface area contributed by atoms with Crippen molar-refractivity contribution in [2.75, 3.05) is 30.0 Å². The highest BCUT2D eigenvalue weighted by Crippen LogP contribution is 2.34. The molecule has 0 spiro atoms. The molecule has 3 aromatic rings. The Balaban J connectivity index is 1.45. The van der Waals surface area contributed by atoms with Gasteiger partial charge < -0.3 is 46.3 Å². The molecule has 2 aliphatic heterocycles. The van der Waals surface area contributed by atoms with Crippen molar-refractivity contribution in [1.29, 1.82) is 0 Å². The number of anilines is 3. The second-order valence-electron chi connectivity index (χ2n) is 7.22. The first-order chi connectivity index (χ1) is 14.9. The molecule has 5 rings (SSSR count). The highest BCUT2D eigenvalue weighted by molar-refractivity contribution is 5.99. The average Bonchev–Trinajstić information content (AvgIpc) is 3.45. The van der Waals surface area contributed by atoms with Gasteiger partial charge in [-0.2, -0.15) is 9.97 Å². The molecule has 15 nitrogen and oxygen atoms in total. The molecule has 0 bridgehead atoms. The molecule has 3 aromatic heterocycles. The van der Waals surface area contributed by atoms with Crippen LogP contribution in [-0.4, -0.2) is 93.9 Å². The van der Waals surface area contributed by atoms with E-state index in [-0.39, 0.29) is 23.3 Å². The van der Waals surface area contributed by atoms with Crippen molar-refractivity contribution < 1.29 is 24.9 Å². The Labute approximate surface area is 173 Å². The summed E-state index contributed by atoms with van der Waals surface area (Å²) in [6.45, 7) is -0.473. The number of hydrogen-bond donors (Lipinski definition) is 7. The number of nitrogens with one attached hydrogen (secondary N) is 3. The monoisotopic (exact) mass is 432 g/mol. The highest BCUT2D eigenvalue weighted by Gasteiger charge is 2.45. The first-order valence-corrected chi connectivity index (χ1v) is 9.35. The van der Waals surface area contributed by atoms with Crippen LogP contribution in [0.4, 0.5) is 17.6 Å². The van der Waals surface area contributed by atoms with Gasteiger partial charge in [0.05, 0.1) is 19.3 Å². The minimum atomic E-state index is -1.33. The molecular formula is C16H20N10O5. The van der Waals surface area contributed by atoms with Crippen LogP contribution in [0.1, 0.15) is 16.7 Å². The first-order valence-electron chi connectivity index (χ1n) is 9.35. The van der Waals surface area contributed by atoms with Crippen LogP contribution in [0, 0.1) is 0 Å². The summed E-state index contributed by atoms with van der Waals surface area (Å²) in [6, 6.07) is 0. The lowest BCUT2D eigenvalue weighted by Crippen LogP contribution is -2.51. The normalized spacial score (nSPS) is 28.1. The number of aliphatic hydroxyl groups excluding tert-OH is 3. The molecule has 31 heavy (non-hydrogen) atoms. The van der Waals surface area contributed by atoms with Gasteiger partial charge in [0.15, 0.2) is 29.7 Å². The van der Waals surface area contributed by atoms with Gasteiger partial charge in [-0.1, -0.05) is 0 Å². The van der Waals surface area contributed by atoms with E-state index in [0.717, 1.165) is 0 Å². The Morgan fingerprint density at radius 2 is 2.10 bits per heavy atom. The van der Waals surface area contributed by atoms with E-state index < -0.39 is 43.3 Å². The summed E-state index contributed by atoms with van der Waals surface area (Å²) >= 11 is 0. The molecule has 0 saturated carbocycles. The number of nitrogens with zero attached hydrogens (tertiary/aromatic N) is 6. The summed E-state index contributed by atoms with van der Waals surface area (Å²) in [4.78, 5) is 33.7. The number of ether oxygens (including phenoxy) is 1. The molecule has 5 heterocycles. The van der Waals surface area contributed by atoms with E-state index in [0.29, 0.717) is 11.2 Å². The van der Waals surface area contributed by atoms with Crippen molar-refractivity contribution >= 4 is 34.7 Å². The number of aromatic nitrogens is 6. The van der Waals surface area contributed by atoms with Crippen molar-refractivity contribution in [2.24, 2.45) is 0 Å². The van der Waals surface area contributed by atoms with E-state index in [2.05, 4.69) is 35.6 Å². The summed E-state index contributed by atoms with van der Waals surface area (Å²) in [6.07, 6.45) is -2.69. The van der Waals surface area contributed by atoms with E-state index in [9.17, 15) is 20.1 Å². The number of carbonyl (C=O) groups is 1. The number of nitrogen functional groups attached to an aromatic ring is 1. The lowest BCUT2D eigenvalue weighted by Gasteiger charge is -2.34. The zero-order chi connectivity index (χ0) is 21.9. The molecule has 0 aliphatic carbocycles. The molecule has 0 radical (unpaired) electrons. The van der Waals surface area contributed by atoms with Crippen LogP contribution in [0.15, 0.2) is 12.7 Å². The summed E-state index contributed by atoms with van der Waals surface area (Å²) in [5, 5.41) is 35.8. The summed E-state index contributed by atoms with van der Waals surface area (Å²) in [7, 11) is 1.55. The summed E-state index contributed by atoms with van der Waals surface area (Å²) in [5.41, 5.74) is 6.88. The third-order valence-corrected chi connectivity index (χ3v) is 5.35. The Morgan fingerprint density at radius 1 is 1.29 bits per heavy atom. The van der Waals surface area contributed by atoms with Gasteiger partial charge in [0, 0.05) is 7.05 Å². The van der Waals surface area contributed by atoms with Gasteiger partial charge in [-0.05, 0) is 0 Å². The fourth-order valence-corrected chi connectivity index (χ4v) is 3.65. The fraction of sp³-hybridized carbons (Fsp3) is 0.438. The Bertz CT molecular complexity index is 1150. The van der Waals surface area contributed by atoms with Gasteiger partial charge in [-0.15, -0.1) is 0 Å². The zero-order valence-electron chi connectivity index (χ0n) is 16.2. The van der Waals surface area contributed by atoms with Crippen LogP contribution in [-0.2, 0) is 4.74 Å². The molecule has 5 atom stereocenters. The van der Waals surface area contributed by atoms with Crippen LogP contribution >= 0.6 is 0 Å². The third-order valence-electron chi connectivity index (χ3n) is 5.35. The number of aliphatic hydroxyl groups is 3. The van der Waals surface area contributed by atoms with Crippen LogP contribution < -0.4 is 16.4 Å². The number of fused-ring (bicyclic) bond motifs is 2. The minimum Gasteiger partial charge on any atom is -0.394 e. The van der Waals surface area contributed by atoms with Crippen LogP contribution in [0.25, 0.3) is 11.2 Å². The number of imidazole rings is 2. The van der Waals surface area contributed by atoms with E-state index >= 15 is 0 Å². The maximum atomic E-state index is 12.8. The van der Waals surface area contributed by atoms with Gasteiger partial charge in [0.1, 0.15) is 29.6 Å². The third kappa shape index (κ3) is 2.94. The minimum absolute atomic E-state index is 0.0986. The summed E-state index contributed by atoms with van der Waals surface area (Å²) < 4.78 is 6.94. The fourth-order valence-electron chi connectivity index (χ4n) is 3.65. The van der Waals surface area contributed by atoms with Gasteiger partial charge in [0.2, 0.25) is 5.95 Å². The number of carbonyl (C=O) groups excluding carboxylic acids is 1. The lowest BCUT2D eigenvalue weighted by atomic mass is 10.1. The maximum absolute atomic E-state index is 12.8. The van der Waals surface area contributed by atoms with Crippen molar-refractivity contribution in [2.45, 2.75) is 30.8 Å². The lowest BCUT2D eigenvalue weighted by molar-refractivity contribution is -0.0520. The van der Waals surface area contributed by atoms with Gasteiger partial charge in [0.25, 0.3) is 5.91 Å². The zero-order valence-corrected chi connectivity index (χ0v) is 16.2. The van der Waals surface area contributed by atoms with E-state index in [1.807, 2.05) is 0 Å². The van der Waals surface area contributed by atoms with E-state index in [1.165, 1.54) is 22.1 Å². The van der Waals surface area contributed by atoms with E-state index in [1.54, 1.807) is 7.05 Å². The van der Waals surface area contributed by atoms with Crippen LogP contribution in [0.5, 0.6) is 0 Å². The van der Waals surface area contributed by atoms with Crippen molar-refractivity contribution in [3.05, 3.63) is 18.3 Å². The predicted molar refractivity (Wildman–Crippen MR) is 104 cm³/mol. The molecule has 1 saturated heterocycles. The second-order valence-corrected chi connectivity index (χ2v) is 7.22. The summed E-state index contributed by atoms with van der Waals surface area (Å²) in [5.74, 6) is 0.165. The first kappa shape index (κ1) is 19.4. The van der Waals surface area contributed by atoms with Crippen molar-refractivity contribution in [3.8, 4) is 0 Å². The molecule has 2 aliphatic rings. The van der Waals surface area contributed by atoms with Crippen molar-refractivity contribution in [3.63, 3.8) is 0 Å². The molecule has 0 aromatic carbocycles. The number of rotatable bonds is 4. The van der Waals surface area contributed by atoms with E-state index in [4.69, 9.17) is 10.5 Å². The molecular weight excluding hydrogens is 412 g/mol. The molecule has 1 fully saturated rings. The predicted octanol–water partition coefficient (Wildman–Crippen LogP) is -2.36. The highest BCUT2D eigenvalue weighted by atomic mass is 16.6. The Hall–Kier alpha value is -3.53. The Morgan fingerprint density at radius 3 is 2.84 bits per heavy atom. The number of H-pyrrole nitrogens is 1. The molecule has 15 heteroatoms. The SMILES string of the molecule is CN1C(=O)c2ncn([C@@H]3O[C@H](CO)[C@@H](O)[C@H]3O)c2NC1Nc1nc(N)c2[nH]cnc2n1. The topological polar surface area (TPSA) is 213 Å². The Kier molecular flexibility index (Phi) is 4.40. The number of amides is 1. The van der Waals surface area contributed by atoms with Gasteiger partial charge in [-0.3, -0.25) is 9.36 Å². The second kappa shape index (κ2) is 7.02. The molecule has 8 N–H and O–H groups in total. The number of nitrogens with two attached hydrogens (primary N) is 1. The molecule has 1 amide bonds. The molecule has 164 valence electrons. The van der Waals surface area contributed by atoms with Crippen molar-refractivity contribution in [1.82, 2.24) is 34.4 Å². The standard InChI is InChI=1S/C16H20N10O5/c1-25-13(30)7-12(26(4-20-7)14-9(29)8(28)5(2-27)31-14)23-16(25)24-15-21-10(17)6-11(22-15)19-3-18-6/h3-5,8-9,14,16,23,27-29H,2H2,1H3,(H4,17,18,19,21,22,24)/t5-,8-,9-,14-,16?/m1/s1. The number of hydrogen-bond acceptors (Lipinski definition) is 12. The molecule has 1 unspecified atom stereocenters. The van der Waals surface area contributed by atoms with Crippen LogP contribution in [0.2, 0.25) is 0 Å². The van der Waals surface area contributed by atoms with Crippen LogP contribution in [0.3, 0.4) is 0 Å². The number of aromatic amines is 1. The maximum Gasteiger partial charge on any atom is 0.279 e. The smallest absolute Gasteiger partial charge is 0.279 e. The van der Waals surface area contributed by atoms with Gasteiger partial charge in [-0.25, -0.2) is 9.97 Å². The average molecular weight is 432 g/mol. The quantitative estimate of drug-likeness (QED) is 0.231. The van der Waals surface area contributed by atoms with Gasteiger partial charge >= 0.3 is 0 Å².